The highest BCUT2D eigenvalue weighted by molar-refractivity contribution is 8.93. The lowest BCUT2D eigenvalue weighted by Crippen LogP contribution is -2.35. The van der Waals surface area contributed by atoms with Crippen LogP contribution in [-0.4, -0.2) is 17.7 Å². The number of aryl methyl sites for hydroxylation is 1. The average molecular weight is 356 g/mol. The summed E-state index contributed by atoms with van der Waals surface area (Å²) in [5.41, 5.74) is 2.50. The van der Waals surface area contributed by atoms with Crippen molar-refractivity contribution in [3.63, 3.8) is 0 Å². The smallest absolute Gasteiger partial charge is 0.119 e. The zero-order valence-electron chi connectivity index (χ0n) is 13.2. The maximum Gasteiger partial charge on any atom is 0.119 e. The van der Waals surface area contributed by atoms with Crippen molar-refractivity contribution < 1.29 is 5.11 Å². The van der Waals surface area contributed by atoms with E-state index in [9.17, 15) is 5.11 Å². The quantitative estimate of drug-likeness (QED) is 0.657. The van der Waals surface area contributed by atoms with Crippen LogP contribution in [0.2, 0.25) is 0 Å². The van der Waals surface area contributed by atoms with Gasteiger partial charge in [-0.15, -0.1) is 17.0 Å². The molecule has 0 amide bonds. The molecule has 2 nitrogen and oxygen atoms in total. The normalized spacial score (nSPS) is 17.1. The van der Waals surface area contributed by atoms with Gasteiger partial charge >= 0.3 is 0 Å². The average Bonchev–Trinajstić information content (AvgIpc) is 2.47. The van der Waals surface area contributed by atoms with Crippen molar-refractivity contribution in [2.24, 2.45) is 0 Å². The van der Waals surface area contributed by atoms with Crippen LogP contribution in [0.3, 0.4) is 0 Å². The van der Waals surface area contributed by atoms with Gasteiger partial charge in [-0.05, 0) is 49.4 Å². The third kappa shape index (κ3) is 5.99. The molecular weight excluding hydrogens is 326 g/mol. The van der Waals surface area contributed by atoms with Gasteiger partial charge in [-0.1, -0.05) is 51.2 Å². The molecule has 0 aromatic heterocycles. The number of hydrogen-bond donors (Lipinski definition) is 2. The second-order valence-electron chi connectivity index (χ2n) is 6.08. The molecule has 1 aliphatic carbocycles. The summed E-state index contributed by atoms with van der Waals surface area (Å²) >= 11 is 0. The first kappa shape index (κ1) is 18.5. The minimum atomic E-state index is 0. The highest BCUT2D eigenvalue weighted by Gasteiger charge is 2.20. The zero-order valence-corrected chi connectivity index (χ0v) is 14.9. The number of benzene rings is 1. The van der Waals surface area contributed by atoms with Crippen molar-refractivity contribution in [1.29, 1.82) is 0 Å². The zero-order chi connectivity index (χ0) is 14.2. The Bertz CT molecular complexity index is 408. The Morgan fingerprint density at radius 1 is 1.14 bits per heavy atom. The molecule has 0 heterocycles. The molecule has 0 bridgehead atoms. The van der Waals surface area contributed by atoms with Crippen molar-refractivity contribution in [2.45, 2.75) is 70.8 Å². The van der Waals surface area contributed by atoms with Crippen molar-refractivity contribution in [2.75, 3.05) is 6.54 Å². The summed E-state index contributed by atoms with van der Waals surface area (Å²) in [6.07, 6.45) is 11.4. The lowest BCUT2D eigenvalue weighted by atomic mass is 9.87. The molecular formula is C18H30BrNO. The summed E-state index contributed by atoms with van der Waals surface area (Å²) in [4.78, 5) is 0. The fourth-order valence-electron chi connectivity index (χ4n) is 3.15. The topological polar surface area (TPSA) is 32.3 Å². The van der Waals surface area contributed by atoms with Crippen molar-refractivity contribution in [1.82, 2.24) is 5.32 Å². The largest absolute Gasteiger partial charge is 0.508 e. The molecule has 0 aliphatic heterocycles. The maximum absolute atomic E-state index is 9.94. The number of fused-ring (bicyclic) bond motifs is 1. The minimum Gasteiger partial charge on any atom is -0.508 e. The van der Waals surface area contributed by atoms with Gasteiger partial charge in [-0.2, -0.15) is 0 Å². The van der Waals surface area contributed by atoms with Gasteiger partial charge in [0.15, 0.2) is 0 Å². The SMILES string of the molecule is Br.CCCCCCCCNC1CCc2cccc(O)c2C1. The predicted molar refractivity (Wildman–Crippen MR) is 95.6 cm³/mol. The Balaban J connectivity index is 0.00000220. The lowest BCUT2D eigenvalue weighted by Gasteiger charge is -2.26. The van der Waals surface area contributed by atoms with E-state index in [4.69, 9.17) is 0 Å². The number of phenolic OH excluding ortho intramolecular Hbond substituents is 1. The summed E-state index contributed by atoms with van der Waals surface area (Å²) in [5, 5.41) is 13.6. The molecule has 1 unspecified atom stereocenters. The number of hydrogen-bond acceptors (Lipinski definition) is 2. The van der Waals surface area contributed by atoms with Crippen LogP contribution in [0.5, 0.6) is 5.75 Å². The van der Waals surface area contributed by atoms with Crippen molar-refractivity contribution >= 4 is 17.0 Å². The highest BCUT2D eigenvalue weighted by Crippen LogP contribution is 2.28. The summed E-state index contributed by atoms with van der Waals surface area (Å²) in [6.45, 7) is 3.39. The first-order chi connectivity index (χ1) is 9.81. The molecule has 0 spiro atoms. The van der Waals surface area contributed by atoms with Gasteiger partial charge < -0.3 is 10.4 Å². The Morgan fingerprint density at radius 3 is 2.71 bits per heavy atom. The van der Waals surface area contributed by atoms with E-state index in [-0.39, 0.29) is 17.0 Å². The molecule has 0 fully saturated rings. The number of halogens is 1. The van der Waals surface area contributed by atoms with E-state index in [1.807, 2.05) is 12.1 Å². The second kappa shape index (κ2) is 10.2. The van der Waals surface area contributed by atoms with Gasteiger partial charge in [0.25, 0.3) is 0 Å². The first-order valence-corrected chi connectivity index (χ1v) is 8.34. The van der Waals surface area contributed by atoms with Crippen LogP contribution in [0, 0.1) is 0 Å². The third-order valence-electron chi connectivity index (χ3n) is 4.42. The van der Waals surface area contributed by atoms with E-state index in [2.05, 4.69) is 18.3 Å². The Morgan fingerprint density at radius 2 is 1.90 bits per heavy atom. The second-order valence-corrected chi connectivity index (χ2v) is 6.08. The molecule has 2 N–H and O–H groups in total. The number of aromatic hydroxyl groups is 1. The molecule has 0 radical (unpaired) electrons. The highest BCUT2D eigenvalue weighted by atomic mass is 79.9. The Labute approximate surface area is 140 Å². The van der Waals surface area contributed by atoms with Gasteiger partial charge in [0.2, 0.25) is 0 Å². The van der Waals surface area contributed by atoms with Crippen molar-refractivity contribution in [3.8, 4) is 5.75 Å². The molecule has 1 atom stereocenters. The number of rotatable bonds is 8. The summed E-state index contributed by atoms with van der Waals surface area (Å²) in [6, 6.07) is 6.47. The standard InChI is InChI=1S/C18H29NO.BrH/c1-2-3-4-5-6-7-13-19-16-12-11-15-9-8-10-18(20)17(15)14-16;/h8-10,16,19-20H,2-7,11-14H2,1H3;1H. The molecule has 0 saturated carbocycles. The summed E-state index contributed by atoms with van der Waals surface area (Å²) in [7, 11) is 0. The molecule has 120 valence electrons. The van der Waals surface area contributed by atoms with Crippen LogP contribution in [0.15, 0.2) is 18.2 Å². The van der Waals surface area contributed by atoms with Crippen molar-refractivity contribution in [3.05, 3.63) is 29.3 Å². The van der Waals surface area contributed by atoms with Crippen LogP contribution in [-0.2, 0) is 12.8 Å². The van der Waals surface area contributed by atoms with Gasteiger partial charge in [0.05, 0.1) is 0 Å². The molecule has 3 heteroatoms. The first-order valence-electron chi connectivity index (χ1n) is 8.34. The monoisotopic (exact) mass is 355 g/mol. The van der Waals surface area contributed by atoms with E-state index in [1.54, 1.807) is 0 Å². The number of nitrogens with one attached hydrogen (secondary N) is 1. The number of unbranched alkanes of at least 4 members (excludes halogenated alkanes) is 5. The summed E-state index contributed by atoms with van der Waals surface area (Å²) in [5.74, 6) is 0.480. The Kier molecular flexibility index (Phi) is 9.02. The van der Waals surface area contributed by atoms with E-state index in [1.165, 1.54) is 56.1 Å². The summed E-state index contributed by atoms with van der Waals surface area (Å²) < 4.78 is 0. The fraction of sp³-hybridized carbons (Fsp3) is 0.667. The molecule has 2 rings (SSSR count). The van der Waals surface area contributed by atoms with Crippen LogP contribution in [0.4, 0.5) is 0 Å². The Hall–Kier alpha value is -0.540. The van der Waals surface area contributed by atoms with Gasteiger partial charge in [0, 0.05) is 6.04 Å². The maximum atomic E-state index is 9.94. The van der Waals surface area contributed by atoms with Crippen LogP contribution in [0.1, 0.15) is 63.0 Å². The van der Waals surface area contributed by atoms with Gasteiger partial charge in [-0.3, -0.25) is 0 Å². The van der Waals surface area contributed by atoms with Crippen LogP contribution in [0.25, 0.3) is 0 Å². The number of phenols is 1. The predicted octanol–water partition coefficient (Wildman–Crippen LogP) is 4.78. The lowest BCUT2D eigenvalue weighted by molar-refractivity contribution is 0.422. The van der Waals surface area contributed by atoms with Crippen LogP contribution >= 0.6 is 17.0 Å². The molecule has 1 aliphatic rings. The van der Waals surface area contributed by atoms with E-state index in [0.717, 1.165) is 19.4 Å². The molecule has 1 aromatic carbocycles. The van der Waals surface area contributed by atoms with Gasteiger partial charge in [0.1, 0.15) is 5.75 Å². The van der Waals surface area contributed by atoms with E-state index in [0.29, 0.717) is 11.8 Å². The van der Waals surface area contributed by atoms with E-state index < -0.39 is 0 Å². The fourth-order valence-corrected chi connectivity index (χ4v) is 3.15. The van der Waals surface area contributed by atoms with Gasteiger partial charge in [-0.25, -0.2) is 0 Å². The molecule has 21 heavy (non-hydrogen) atoms. The molecule has 1 aromatic rings. The third-order valence-corrected chi connectivity index (χ3v) is 4.42. The van der Waals surface area contributed by atoms with E-state index >= 15 is 0 Å². The van der Waals surface area contributed by atoms with Crippen LogP contribution < -0.4 is 5.32 Å². The molecule has 0 saturated heterocycles. The minimum absolute atomic E-state index is 0.